The predicted molar refractivity (Wildman–Crippen MR) is 130 cm³/mol. The van der Waals surface area contributed by atoms with Crippen molar-refractivity contribution < 1.29 is 9.59 Å². The fourth-order valence-corrected chi connectivity index (χ4v) is 5.04. The molecule has 0 unspecified atom stereocenters. The van der Waals surface area contributed by atoms with Gasteiger partial charge in [-0.25, -0.2) is 4.98 Å². The van der Waals surface area contributed by atoms with Crippen LogP contribution in [-0.2, 0) is 4.79 Å². The Bertz CT molecular complexity index is 1100. The summed E-state index contributed by atoms with van der Waals surface area (Å²) < 4.78 is 1.74. The van der Waals surface area contributed by atoms with Gasteiger partial charge in [-0.1, -0.05) is 79.1 Å². The number of amides is 1. The number of rotatable bonds is 6. The topological polar surface area (TPSA) is 64.0 Å². The van der Waals surface area contributed by atoms with Crippen molar-refractivity contribution in [2.75, 3.05) is 11.1 Å². The average Bonchev–Trinajstić information content (AvgIpc) is 3.24. The molecule has 1 amide bonds. The summed E-state index contributed by atoms with van der Waals surface area (Å²) in [5.41, 5.74) is 4.75. The summed E-state index contributed by atoms with van der Waals surface area (Å²) in [4.78, 5) is 30.7. The second-order valence-corrected chi connectivity index (χ2v) is 9.40. The van der Waals surface area contributed by atoms with Crippen molar-refractivity contribution in [1.82, 2.24) is 9.55 Å². The first-order valence-electron chi connectivity index (χ1n) is 11.2. The van der Waals surface area contributed by atoms with Gasteiger partial charge in [-0.05, 0) is 38.3 Å². The molecule has 1 aliphatic carbocycles. The number of hydrogen-bond donors (Lipinski definition) is 1. The zero-order chi connectivity index (χ0) is 22.5. The number of aryl methyl sites for hydroxylation is 2. The van der Waals surface area contributed by atoms with E-state index in [4.69, 9.17) is 0 Å². The second-order valence-electron chi connectivity index (χ2n) is 8.46. The number of thioether (sulfide) groups is 1. The fourth-order valence-electron chi connectivity index (χ4n) is 4.26. The molecule has 0 spiro atoms. The number of hydrogen-bond acceptors (Lipinski definition) is 4. The van der Waals surface area contributed by atoms with Gasteiger partial charge in [0, 0.05) is 17.2 Å². The van der Waals surface area contributed by atoms with Crippen LogP contribution < -0.4 is 5.32 Å². The molecule has 1 fully saturated rings. The highest BCUT2D eigenvalue weighted by Crippen LogP contribution is 2.31. The molecule has 4 rings (SSSR count). The molecule has 0 saturated heterocycles. The number of imidazole rings is 1. The van der Waals surface area contributed by atoms with E-state index in [0.29, 0.717) is 5.16 Å². The predicted octanol–water partition coefficient (Wildman–Crippen LogP) is 6.12. The molecule has 6 heteroatoms. The molecule has 1 N–H and O–H groups in total. The normalized spacial score (nSPS) is 14.3. The Morgan fingerprint density at radius 3 is 2.53 bits per heavy atom. The van der Waals surface area contributed by atoms with Crippen molar-refractivity contribution in [1.29, 1.82) is 0 Å². The summed E-state index contributed by atoms with van der Waals surface area (Å²) >= 11 is 1.31. The zero-order valence-electron chi connectivity index (χ0n) is 18.6. The minimum Gasteiger partial charge on any atom is -0.325 e. The monoisotopic (exact) mass is 447 g/mol. The third-order valence-electron chi connectivity index (χ3n) is 5.96. The lowest BCUT2D eigenvalue weighted by Gasteiger charge is -2.22. The number of carbonyl (C=O) groups excluding carboxylic acids is 2. The lowest BCUT2D eigenvalue weighted by molar-refractivity contribution is -0.113. The van der Waals surface area contributed by atoms with E-state index in [1.54, 1.807) is 10.8 Å². The second kappa shape index (κ2) is 10.2. The van der Waals surface area contributed by atoms with Crippen LogP contribution in [0.5, 0.6) is 0 Å². The number of carbonyl (C=O) groups is 2. The van der Waals surface area contributed by atoms with Crippen LogP contribution in [0.3, 0.4) is 0 Å². The van der Waals surface area contributed by atoms with E-state index in [9.17, 15) is 9.59 Å². The number of nitrogens with zero attached hydrogens (tertiary/aromatic N) is 2. The maximum Gasteiger partial charge on any atom is 0.236 e. The van der Waals surface area contributed by atoms with Crippen LogP contribution in [0.4, 0.5) is 5.69 Å². The van der Waals surface area contributed by atoms with Gasteiger partial charge in [0.05, 0.1) is 17.6 Å². The van der Waals surface area contributed by atoms with Crippen molar-refractivity contribution in [2.24, 2.45) is 5.92 Å². The average molecular weight is 448 g/mol. The molecular formula is C26H29N3O2S. The molecule has 3 aromatic rings. The summed E-state index contributed by atoms with van der Waals surface area (Å²) in [7, 11) is 0. The van der Waals surface area contributed by atoms with E-state index in [1.165, 1.54) is 18.2 Å². The largest absolute Gasteiger partial charge is 0.325 e. The Kier molecular flexibility index (Phi) is 7.10. The first-order chi connectivity index (χ1) is 15.5. The summed E-state index contributed by atoms with van der Waals surface area (Å²) in [6.07, 6.45) is 6.96. The molecule has 0 radical (unpaired) electrons. The lowest BCUT2D eigenvalue weighted by atomic mass is 9.88. The smallest absolute Gasteiger partial charge is 0.236 e. The van der Waals surface area contributed by atoms with Crippen molar-refractivity contribution in [2.45, 2.75) is 51.1 Å². The first-order valence-corrected chi connectivity index (χ1v) is 12.2. The number of benzene rings is 2. The Labute approximate surface area is 193 Å². The summed E-state index contributed by atoms with van der Waals surface area (Å²) in [6.45, 7) is 4.01. The Morgan fingerprint density at radius 1 is 1.06 bits per heavy atom. The van der Waals surface area contributed by atoms with Crippen LogP contribution >= 0.6 is 11.8 Å². The SMILES string of the molecule is Cc1ccc(NC(=O)CSc2ncc(-c3ccccc3)n2C(=O)C2CCCCC2)c(C)c1. The Morgan fingerprint density at radius 2 is 1.81 bits per heavy atom. The van der Waals surface area contributed by atoms with Gasteiger partial charge in [0.25, 0.3) is 0 Å². The highest BCUT2D eigenvalue weighted by molar-refractivity contribution is 7.99. The van der Waals surface area contributed by atoms with Gasteiger partial charge in [-0.15, -0.1) is 0 Å². The van der Waals surface area contributed by atoms with Crippen molar-refractivity contribution >= 4 is 29.3 Å². The minimum atomic E-state index is -0.108. The highest BCUT2D eigenvalue weighted by atomic mass is 32.2. The summed E-state index contributed by atoms with van der Waals surface area (Å²) in [5, 5.41) is 3.56. The van der Waals surface area contributed by atoms with Crippen molar-refractivity contribution in [3.05, 3.63) is 65.9 Å². The maximum atomic E-state index is 13.5. The minimum absolute atomic E-state index is 0.0174. The molecule has 5 nitrogen and oxygen atoms in total. The van der Waals surface area contributed by atoms with E-state index in [1.807, 2.05) is 62.4 Å². The Hall–Kier alpha value is -2.86. The third kappa shape index (κ3) is 5.13. The molecule has 1 aliphatic rings. The fraction of sp³-hybridized carbons (Fsp3) is 0.346. The van der Waals surface area contributed by atoms with Crippen LogP contribution in [0.15, 0.2) is 59.9 Å². The van der Waals surface area contributed by atoms with Crippen molar-refractivity contribution in [3.8, 4) is 11.3 Å². The van der Waals surface area contributed by atoms with E-state index in [2.05, 4.69) is 10.3 Å². The molecule has 1 saturated carbocycles. The van der Waals surface area contributed by atoms with Gasteiger partial charge < -0.3 is 5.32 Å². The molecule has 1 aromatic heterocycles. The van der Waals surface area contributed by atoms with Gasteiger partial charge >= 0.3 is 0 Å². The number of anilines is 1. The van der Waals surface area contributed by atoms with Gasteiger partial charge in [0.2, 0.25) is 11.8 Å². The number of nitrogens with one attached hydrogen (secondary N) is 1. The van der Waals surface area contributed by atoms with Gasteiger partial charge in [0.1, 0.15) is 0 Å². The molecule has 0 bridgehead atoms. The van der Waals surface area contributed by atoms with Gasteiger partial charge in [-0.3, -0.25) is 14.2 Å². The quantitative estimate of drug-likeness (QED) is 0.463. The van der Waals surface area contributed by atoms with Crippen molar-refractivity contribution in [3.63, 3.8) is 0 Å². The zero-order valence-corrected chi connectivity index (χ0v) is 19.5. The van der Waals surface area contributed by atoms with Gasteiger partial charge in [-0.2, -0.15) is 0 Å². The molecule has 166 valence electrons. The third-order valence-corrected chi connectivity index (χ3v) is 6.91. The standard InChI is InChI=1S/C26H29N3O2S/c1-18-13-14-22(19(2)15-18)28-24(30)17-32-26-27-16-23(20-9-5-3-6-10-20)29(26)25(31)21-11-7-4-8-12-21/h3,5-6,9-10,13-16,21H,4,7-8,11-12,17H2,1-2H3,(H,28,30). The summed E-state index contributed by atoms with van der Waals surface area (Å²) in [6, 6.07) is 15.8. The van der Waals surface area contributed by atoms with Crippen LogP contribution in [0.1, 0.15) is 48.0 Å². The summed E-state index contributed by atoms with van der Waals surface area (Å²) in [5.74, 6) is 0.196. The molecular weight excluding hydrogens is 418 g/mol. The first kappa shape index (κ1) is 22.3. The van der Waals surface area contributed by atoms with E-state index < -0.39 is 0 Å². The van der Waals surface area contributed by atoms with Crippen LogP contribution in [0.25, 0.3) is 11.3 Å². The van der Waals surface area contributed by atoms with Crippen LogP contribution in [0, 0.1) is 19.8 Å². The van der Waals surface area contributed by atoms with E-state index in [-0.39, 0.29) is 23.5 Å². The molecule has 1 heterocycles. The Balaban J connectivity index is 1.54. The number of aromatic nitrogens is 2. The van der Waals surface area contributed by atoms with Crippen LogP contribution in [0.2, 0.25) is 0 Å². The maximum absolute atomic E-state index is 13.5. The van der Waals surface area contributed by atoms with E-state index in [0.717, 1.165) is 53.8 Å². The molecule has 32 heavy (non-hydrogen) atoms. The molecule has 0 atom stereocenters. The molecule has 0 aliphatic heterocycles. The molecule has 2 aromatic carbocycles. The van der Waals surface area contributed by atoms with E-state index >= 15 is 0 Å². The van der Waals surface area contributed by atoms with Gasteiger partial charge in [0.15, 0.2) is 5.16 Å². The lowest BCUT2D eigenvalue weighted by Crippen LogP contribution is -2.25. The highest BCUT2D eigenvalue weighted by Gasteiger charge is 2.27. The van der Waals surface area contributed by atoms with Crippen LogP contribution in [-0.4, -0.2) is 27.1 Å².